The first-order valence-electron chi connectivity index (χ1n) is 6.18. The topological polar surface area (TPSA) is 104 Å². The van der Waals surface area contributed by atoms with Gasteiger partial charge in [0.05, 0.1) is 19.6 Å². The van der Waals surface area contributed by atoms with Crippen LogP contribution in [0, 0.1) is 0 Å². The maximum atomic E-state index is 12.1. The molecule has 0 aromatic carbocycles. The number of hydrogen-bond acceptors (Lipinski definition) is 4. The second-order valence-electron chi connectivity index (χ2n) is 4.99. The summed E-state index contributed by atoms with van der Waals surface area (Å²) < 4.78 is 0. The molecule has 0 aliphatic heterocycles. The van der Waals surface area contributed by atoms with Crippen molar-refractivity contribution in [2.75, 3.05) is 19.6 Å². The van der Waals surface area contributed by atoms with E-state index in [9.17, 15) is 14.4 Å². The molecular formula is C12H23N3O4. The summed E-state index contributed by atoms with van der Waals surface area (Å²) in [7, 11) is 0. The molecule has 3 N–H and O–H groups in total. The number of rotatable bonds is 8. The number of aliphatic carboxylic acids is 1. The van der Waals surface area contributed by atoms with Gasteiger partial charge in [-0.3, -0.25) is 19.3 Å². The number of amides is 2. The number of nitrogens with two attached hydrogens (primary N) is 1. The Morgan fingerprint density at radius 3 is 1.79 bits per heavy atom. The van der Waals surface area contributed by atoms with Gasteiger partial charge in [-0.25, -0.2) is 0 Å². The minimum atomic E-state index is -1.10. The summed E-state index contributed by atoms with van der Waals surface area (Å²) in [5.74, 6) is -1.98. The zero-order valence-corrected chi connectivity index (χ0v) is 11.9. The van der Waals surface area contributed by atoms with Gasteiger partial charge in [-0.15, -0.1) is 0 Å². The number of hydrogen-bond donors (Lipinski definition) is 2. The van der Waals surface area contributed by atoms with Crippen molar-refractivity contribution in [2.24, 2.45) is 5.73 Å². The molecule has 0 aromatic heterocycles. The molecular weight excluding hydrogens is 250 g/mol. The Hall–Kier alpha value is -1.63. The molecule has 7 heteroatoms. The number of primary amides is 1. The first-order valence-corrected chi connectivity index (χ1v) is 6.18. The van der Waals surface area contributed by atoms with Gasteiger partial charge in [0, 0.05) is 12.1 Å². The van der Waals surface area contributed by atoms with Crippen LogP contribution in [0.25, 0.3) is 0 Å². The van der Waals surface area contributed by atoms with E-state index in [0.29, 0.717) is 0 Å². The molecule has 0 aliphatic rings. The van der Waals surface area contributed by atoms with Crippen LogP contribution in [0.15, 0.2) is 0 Å². The lowest BCUT2D eigenvalue weighted by atomic mass is 10.2. The summed E-state index contributed by atoms with van der Waals surface area (Å²) in [6.45, 7) is 6.76. The van der Waals surface area contributed by atoms with Crippen LogP contribution in [0.5, 0.6) is 0 Å². The largest absolute Gasteiger partial charge is 0.480 e. The van der Waals surface area contributed by atoms with Crippen molar-refractivity contribution in [3.05, 3.63) is 0 Å². The van der Waals surface area contributed by atoms with Gasteiger partial charge in [-0.05, 0) is 27.7 Å². The van der Waals surface area contributed by atoms with Crippen LogP contribution in [0.4, 0.5) is 0 Å². The molecule has 0 spiro atoms. The summed E-state index contributed by atoms with van der Waals surface area (Å²) in [5.41, 5.74) is 5.04. The SMILES string of the molecule is CC(C)N(C(=O)CN(CC(N)=O)CC(=O)O)C(C)C. The second-order valence-corrected chi connectivity index (χ2v) is 4.99. The molecule has 0 saturated heterocycles. The quantitative estimate of drug-likeness (QED) is 0.620. The van der Waals surface area contributed by atoms with Gasteiger partial charge >= 0.3 is 5.97 Å². The van der Waals surface area contributed by atoms with Crippen LogP contribution in [-0.2, 0) is 14.4 Å². The van der Waals surface area contributed by atoms with Crippen molar-refractivity contribution in [2.45, 2.75) is 39.8 Å². The summed E-state index contributed by atoms with van der Waals surface area (Å²) in [6.07, 6.45) is 0. The van der Waals surface area contributed by atoms with E-state index in [1.165, 1.54) is 4.90 Å². The van der Waals surface area contributed by atoms with Crippen LogP contribution in [0.2, 0.25) is 0 Å². The monoisotopic (exact) mass is 273 g/mol. The summed E-state index contributed by atoms with van der Waals surface area (Å²) in [6, 6.07) is 0.0144. The van der Waals surface area contributed by atoms with Crippen LogP contribution in [0.1, 0.15) is 27.7 Å². The van der Waals surface area contributed by atoms with Gasteiger partial charge in [0.2, 0.25) is 11.8 Å². The van der Waals surface area contributed by atoms with E-state index < -0.39 is 18.4 Å². The fourth-order valence-electron chi connectivity index (χ4n) is 2.02. The van der Waals surface area contributed by atoms with E-state index in [0.717, 1.165) is 0 Å². The predicted octanol–water partition coefficient (Wildman–Crippen LogP) is -0.496. The fraction of sp³-hybridized carbons (Fsp3) is 0.750. The predicted molar refractivity (Wildman–Crippen MR) is 70.4 cm³/mol. The Kier molecular flexibility index (Phi) is 7.06. The van der Waals surface area contributed by atoms with E-state index >= 15 is 0 Å². The molecule has 0 atom stereocenters. The van der Waals surface area contributed by atoms with Gasteiger partial charge in [-0.2, -0.15) is 0 Å². The van der Waals surface area contributed by atoms with Crippen molar-refractivity contribution in [3.63, 3.8) is 0 Å². The highest BCUT2D eigenvalue weighted by molar-refractivity contribution is 5.82. The fourth-order valence-corrected chi connectivity index (χ4v) is 2.02. The molecule has 0 fully saturated rings. The summed E-state index contributed by atoms with van der Waals surface area (Å²) in [4.78, 5) is 36.6. The normalized spacial score (nSPS) is 11.1. The Balaban J connectivity index is 4.76. The number of carbonyl (C=O) groups is 3. The first-order chi connectivity index (χ1) is 8.65. The third kappa shape index (κ3) is 6.76. The van der Waals surface area contributed by atoms with E-state index in [-0.39, 0.29) is 31.1 Å². The smallest absolute Gasteiger partial charge is 0.317 e. The third-order valence-corrected chi connectivity index (χ3v) is 2.50. The van der Waals surface area contributed by atoms with Crippen molar-refractivity contribution < 1.29 is 19.5 Å². The minimum Gasteiger partial charge on any atom is -0.480 e. The minimum absolute atomic E-state index is 0.00718. The molecule has 0 aliphatic carbocycles. The Bertz CT molecular complexity index is 318. The van der Waals surface area contributed by atoms with Crippen LogP contribution in [0.3, 0.4) is 0 Å². The van der Waals surface area contributed by atoms with Gasteiger partial charge in [0.15, 0.2) is 0 Å². The van der Waals surface area contributed by atoms with Crippen LogP contribution >= 0.6 is 0 Å². The summed E-state index contributed by atoms with van der Waals surface area (Å²) >= 11 is 0. The zero-order valence-electron chi connectivity index (χ0n) is 11.9. The van der Waals surface area contributed by atoms with E-state index in [2.05, 4.69) is 0 Å². The molecule has 0 unspecified atom stereocenters. The molecule has 2 amide bonds. The van der Waals surface area contributed by atoms with E-state index in [4.69, 9.17) is 10.8 Å². The molecule has 0 rings (SSSR count). The molecule has 19 heavy (non-hydrogen) atoms. The van der Waals surface area contributed by atoms with E-state index in [1.54, 1.807) is 4.90 Å². The maximum Gasteiger partial charge on any atom is 0.317 e. The first kappa shape index (κ1) is 17.4. The molecule has 0 bridgehead atoms. The lowest BCUT2D eigenvalue weighted by Gasteiger charge is -2.32. The van der Waals surface area contributed by atoms with Gasteiger partial charge in [0.1, 0.15) is 0 Å². The molecule has 0 aromatic rings. The van der Waals surface area contributed by atoms with Gasteiger partial charge in [-0.1, -0.05) is 0 Å². The molecule has 7 nitrogen and oxygen atoms in total. The number of carboxylic acids is 1. The van der Waals surface area contributed by atoms with Crippen molar-refractivity contribution in [1.29, 1.82) is 0 Å². The maximum absolute atomic E-state index is 12.1. The average molecular weight is 273 g/mol. The van der Waals surface area contributed by atoms with Crippen molar-refractivity contribution in [1.82, 2.24) is 9.80 Å². The Morgan fingerprint density at radius 1 is 1.00 bits per heavy atom. The number of nitrogens with zero attached hydrogens (tertiary/aromatic N) is 2. The highest BCUT2D eigenvalue weighted by Crippen LogP contribution is 2.06. The highest BCUT2D eigenvalue weighted by Gasteiger charge is 2.23. The van der Waals surface area contributed by atoms with Gasteiger partial charge in [0.25, 0.3) is 0 Å². The third-order valence-electron chi connectivity index (χ3n) is 2.50. The number of carbonyl (C=O) groups excluding carboxylic acids is 2. The van der Waals surface area contributed by atoms with Gasteiger partial charge < -0.3 is 15.7 Å². The van der Waals surface area contributed by atoms with Crippen LogP contribution in [-0.4, -0.2) is 64.4 Å². The lowest BCUT2D eigenvalue weighted by molar-refractivity contribution is -0.141. The Labute approximate surface area is 113 Å². The zero-order chi connectivity index (χ0) is 15.2. The standard InChI is InChI=1S/C12H23N3O4/c1-8(2)15(9(3)4)11(17)6-14(5-10(13)16)7-12(18)19/h8-9H,5-7H2,1-4H3,(H2,13,16)(H,18,19). The molecule has 0 heterocycles. The van der Waals surface area contributed by atoms with E-state index in [1.807, 2.05) is 27.7 Å². The molecule has 0 saturated carbocycles. The van der Waals surface area contributed by atoms with Crippen molar-refractivity contribution >= 4 is 17.8 Å². The Morgan fingerprint density at radius 2 is 1.47 bits per heavy atom. The van der Waals surface area contributed by atoms with Crippen LogP contribution < -0.4 is 5.73 Å². The lowest BCUT2D eigenvalue weighted by Crippen LogP contribution is -2.49. The molecule has 0 radical (unpaired) electrons. The summed E-state index contributed by atoms with van der Waals surface area (Å²) in [5, 5.41) is 8.75. The molecule has 110 valence electrons. The highest BCUT2D eigenvalue weighted by atomic mass is 16.4. The number of carboxylic acid groups (broad SMARTS) is 1. The second kappa shape index (κ2) is 7.73. The average Bonchev–Trinajstić information content (AvgIpc) is 2.12. The van der Waals surface area contributed by atoms with Crippen molar-refractivity contribution in [3.8, 4) is 0 Å².